The lowest BCUT2D eigenvalue weighted by atomic mass is 10.1. The topological polar surface area (TPSA) is 78.0 Å². The number of ether oxygens (including phenoxy) is 1. The summed E-state index contributed by atoms with van der Waals surface area (Å²) in [6.07, 6.45) is 1.70. The van der Waals surface area contributed by atoms with Gasteiger partial charge in [-0.05, 0) is 17.7 Å². The van der Waals surface area contributed by atoms with E-state index in [9.17, 15) is 0 Å². The lowest BCUT2D eigenvalue weighted by Gasteiger charge is -2.19. The van der Waals surface area contributed by atoms with Crippen LogP contribution in [-0.2, 0) is 11.3 Å². The molecule has 0 radical (unpaired) electrons. The van der Waals surface area contributed by atoms with Crippen molar-refractivity contribution >= 4 is 23.4 Å². The van der Waals surface area contributed by atoms with E-state index in [0.717, 1.165) is 29.7 Å². The van der Waals surface area contributed by atoms with Crippen molar-refractivity contribution in [3.05, 3.63) is 66.3 Å². The smallest absolute Gasteiger partial charge is 0.257 e. The fourth-order valence-electron chi connectivity index (χ4n) is 3.30. The number of benzene rings is 2. The molecule has 28 heavy (non-hydrogen) atoms. The minimum absolute atomic E-state index is 0. The van der Waals surface area contributed by atoms with Gasteiger partial charge in [0.1, 0.15) is 6.10 Å². The molecule has 3 heterocycles. The highest BCUT2D eigenvalue weighted by Crippen LogP contribution is 2.22. The zero-order valence-corrected chi connectivity index (χ0v) is 15.9. The van der Waals surface area contributed by atoms with Crippen LogP contribution < -0.4 is 5.32 Å². The van der Waals surface area contributed by atoms with Crippen LogP contribution in [-0.4, -0.2) is 39.4 Å². The van der Waals surface area contributed by atoms with Crippen molar-refractivity contribution in [1.82, 2.24) is 25.0 Å². The number of hydrogen-bond donors (Lipinski definition) is 1. The maximum Gasteiger partial charge on any atom is 0.257 e. The molecule has 1 fully saturated rings. The summed E-state index contributed by atoms with van der Waals surface area (Å²) in [5.74, 6) is 1.10. The Labute approximate surface area is 168 Å². The highest BCUT2D eigenvalue weighted by molar-refractivity contribution is 5.85. The molecule has 7 nitrogen and oxygen atoms in total. The number of nitrogens with zero attached hydrogens (tertiary/aromatic N) is 4. The van der Waals surface area contributed by atoms with Gasteiger partial charge in [-0.15, -0.1) is 12.4 Å². The van der Waals surface area contributed by atoms with E-state index >= 15 is 0 Å². The number of imidazole rings is 1. The van der Waals surface area contributed by atoms with Crippen molar-refractivity contribution in [2.45, 2.75) is 12.6 Å². The van der Waals surface area contributed by atoms with Crippen molar-refractivity contribution < 1.29 is 9.26 Å². The Kier molecular flexibility index (Phi) is 5.38. The number of halogens is 1. The van der Waals surface area contributed by atoms with E-state index in [1.165, 1.54) is 5.56 Å². The van der Waals surface area contributed by atoms with Crippen LogP contribution in [0.4, 0.5) is 0 Å². The molecule has 1 N–H and O–H groups in total. The first-order chi connectivity index (χ1) is 13.4. The molecule has 0 aliphatic carbocycles. The first kappa shape index (κ1) is 18.6. The van der Waals surface area contributed by atoms with Gasteiger partial charge in [0.05, 0.1) is 24.0 Å². The average Bonchev–Trinajstić information content (AvgIpc) is 3.37. The molecule has 1 aliphatic heterocycles. The third-order valence-electron chi connectivity index (χ3n) is 4.74. The summed E-state index contributed by atoms with van der Waals surface area (Å²) in [5, 5.41) is 7.36. The maximum absolute atomic E-state index is 5.66. The van der Waals surface area contributed by atoms with Gasteiger partial charge in [0.15, 0.2) is 0 Å². The first-order valence-corrected chi connectivity index (χ1v) is 9.02. The van der Waals surface area contributed by atoms with E-state index in [0.29, 0.717) is 24.9 Å². The lowest BCUT2D eigenvalue weighted by Crippen LogP contribution is -2.33. The van der Waals surface area contributed by atoms with Gasteiger partial charge in [-0.25, -0.2) is 4.98 Å². The van der Waals surface area contributed by atoms with Crippen molar-refractivity contribution in [2.24, 2.45) is 0 Å². The van der Waals surface area contributed by atoms with Crippen LogP contribution in [0.3, 0.4) is 0 Å². The van der Waals surface area contributed by atoms with Crippen molar-refractivity contribution in [3.8, 4) is 11.4 Å². The zero-order chi connectivity index (χ0) is 18.1. The van der Waals surface area contributed by atoms with E-state index < -0.39 is 0 Å². The van der Waals surface area contributed by atoms with E-state index in [1.807, 2.05) is 36.7 Å². The number of morpholine rings is 1. The molecular weight excluding hydrogens is 378 g/mol. The molecule has 8 heteroatoms. The molecule has 1 saturated heterocycles. The number of para-hydroxylation sites is 2. The van der Waals surface area contributed by atoms with E-state index in [-0.39, 0.29) is 18.5 Å². The summed E-state index contributed by atoms with van der Waals surface area (Å²) < 4.78 is 13.2. The van der Waals surface area contributed by atoms with Gasteiger partial charge in [-0.2, -0.15) is 4.98 Å². The highest BCUT2D eigenvalue weighted by atomic mass is 35.5. The molecule has 1 aliphatic rings. The lowest BCUT2D eigenvalue weighted by molar-refractivity contribution is 0.00755. The molecule has 144 valence electrons. The third kappa shape index (κ3) is 3.64. The van der Waals surface area contributed by atoms with Gasteiger partial charge in [-0.1, -0.05) is 41.6 Å². The monoisotopic (exact) mass is 397 g/mol. The average molecular weight is 398 g/mol. The number of aromatic nitrogens is 4. The first-order valence-electron chi connectivity index (χ1n) is 9.02. The van der Waals surface area contributed by atoms with Gasteiger partial charge < -0.3 is 19.1 Å². The predicted octanol–water partition coefficient (Wildman–Crippen LogP) is 3.22. The maximum atomic E-state index is 5.66. The number of hydrogen-bond acceptors (Lipinski definition) is 6. The highest BCUT2D eigenvalue weighted by Gasteiger charge is 2.22. The minimum atomic E-state index is -0.172. The molecule has 5 rings (SSSR count). The second-order valence-corrected chi connectivity index (χ2v) is 6.58. The third-order valence-corrected chi connectivity index (χ3v) is 4.74. The van der Waals surface area contributed by atoms with Gasteiger partial charge >= 0.3 is 0 Å². The zero-order valence-electron chi connectivity index (χ0n) is 15.1. The summed E-state index contributed by atoms with van der Waals surface area (Å²) in [4.78, 5) is 8.93. The molecule has 0 bridgehead atoms. The molecule has 2 aromatic carbocycles. The van der Waals surface area contributed by atoms with Gasteiger partial charge in [0, 0.05) is 25.2 Å². The minimum Gasteiger partial charge on any atom is -0.366 e. The SMILES string of the molecule is Cl.c1ccc2c(c1)ncn2Cc1ccc(-c2noc([C@H]3CNCCO3)n2)cc1. The van der Waals surface area contributed by atoms with Crippen molar-refractivity contribution in [3.63, 3.8) is 0 Å². The Bertz CT molecular complexity index is 1050. The molecule has 4 aromatic rings. The summed E-state index contributed by atoms with van der Waals surface area (Å²) >= 11 is 0. The second-order valence-electron chi connectivity index (χ2n) is 6.58. The second kappa shape index (κ2) is 8.10. The Hall–Kier alpha value is -2.74. The standard InChI is InChI=1S/C20H19N5O2.ClH/c1-2-4-17-16(3-1)22-13-25(17)12-14-5-7-15(8-6-14)19-23-20(27-24-19)18-11-21-9-10-26-18;/h1-8,13,18,21H,9-12H2;1H/t18-;/m1./s1. The Balaban J connectivity index is 0.00000192. The van der Waals surface area contributed by atoms with Gasteiger partial charge in [0.25, 0.3) is 5.89 Å². The Morgan fingerprint density at radius 3 is 2.79 bits per heavy atom. The fourth-order valence-corrected chi connectivity index (χ4v) is 3.30. The quantitative estimate of drug-likeness (QED) is 0.569. The van der Waals surface area contributed by atoms with Crippen LogP contribution in [0.2, 0.25) is 0 Å². The Morgan fingerprint density at radius 2 is 1.96 bits per heavy atom. The molecule has 0 amide bonds. The molecule has 0 unspecified atom stereocenters. The van der Waals surface area contributed by atoms with E-state index in [2.05, 4.69) is 43.2 Å². The molecule has 2 aromatic heterocycles. The number of nitrogens with one attached hydrogen (secondary N) is 1. The van der Waals surface area contributed by atoms with Crippen LogP contribution in [0.5, 0.6) is 0 Å². The normalized spacial score (nSPS) is 16.8. The van der Waals surface area contributed by atoms with Crippen LogP contribution >= 0.6 is 12.4 Å². The Morgan fingerprint density at radius 1 is 1.11 bits per heavy atom. The largest absolute Gasteiger partial charge is 0.366 e. The van der Waals surface area contributed by atoms with Crippen LogP contribution in [0.25, 0.3) is 22.4 Å². The molecular formula is C20H20ClN5O2. The van der Waals surface area contributed by atoms with E-state index in [4.69, 9.17) is 9.26 Å². The summed E-state index contributed by atoms with van der Waals surface area (Å²) in [7, 11) is 0. The van der Waals surface area contributed by atoms with Crippen molar-refractivity contribution in [1.29, 1.82) is 0 Å². The molecule has 0 saturated carbocycles. The number of rotatable bonds is 4. The van der Waals surface area contributed by atoms with E-state index in [1.54, 1.807) is 0 Å². The summed E-state index contributed by atoms with van der Waals surface area (Å²) in [5.41, 5.74) is 4.25. The van der Waals surface area contributed by atoms with Gasteiger partial charge in [-0.3, -0.25) is 0 Å². The summed E-state index contributed by atoms with van der Waals surface area (Å²) in [6.45, 7) is 2.96. The van der Waals surface area contributed by atoms with Crippen molar-refractivity contribution in [2.75, 3.05) is 19.7 Å². The van der Waals surface area contributed by atoms with Crippen LogP contribution in [0.15, 0.2) is 59.4 Å². The summed E-state index contributed by atoms with van der Waals surface area (Å²) in [6, 6.07) is 16.3. The fraction of sp³-hybridized carbons (Fsp3) is 0.250. The van der Waals surface area contributed by atoms with Gasteiger partial charge in [0.2, 0.25) is 5.82 Å². The molecule has 1 atom stereocenters. The number of fused-ring (bicyclic) bond motifs is 1. The van der Waals surface area contributed by atoms with Crippen LogP contribution in [0.1, 0.15) is 17.6 Å². The predicted molar refractivity (Wildman–Crippen MR) is 107 cm³/mol. The molecule has 0 spiro atoms. The van der Waals surface area contributed by atoms with Crippen LogP contribution in [0, 0.1) is 0 Å².